The zero-order valence-corrected chi connectivity index (χ0v) is 10.9. The number of hydrogen-bond acceptors (Lipinski definition) is 2. The molecule has 0 aromatic heterocycles. The van der Waals surface area contributed by atoms with E-state index in [0.29, 0.717) is 12.8 Å². The Morgan fingerprint density at radius 2 is 1.95 bits per heavy atom. The molecule has 2 aliphatic rings. The van der Waals surface area contributed by atoms with Crippen LogP contribution in [0.1, 0.15) is 29.9 Å². The Balaban J connectivity index is 2.03. The lowest BCUT2D eigenvalue weighted by molar-refractivity contribution is -0.141. The maximum Gasteiger partial charge on any atom is 0.311 e. The monoisotopic (exact) mass is 252 g/mol. The molecule has 0 N–H and O–H groups in total. The van der Waals surface area contributed by atoms with Crippen molar-refractivity contribution in [3.05, 3.63) is 71.0 Å². The predicted octanol–water partition coefficient (Wildman–Crippen LogP) is 3.80. The number of hydrogen-bond donors (Lipinski definition) is 0. The number of carbonyl (C=O) groups excluding carboxylic acids is 1. The second-order valence-electron chi connectivity index (χ2n) is 5.01. The normalized spacial score (nSPS) is 21.9. The van der Waals surface area contributed by atoms with Gasteiger partial charge in [0.15, 0.2) is 0 Å². The molecule has 0 saturated heterocycles. The van der Waals surface area contributed by atoms with Crippen molar-refractivity contribution in [2.75, 3.05) is 0 Å². The van der Waals surface area contributed by atoms with Gasteiger partial charge in [0.1, 0.15) is 5.76 Å². The highest BCUT2D eigenvalue weighted by Gasteiger charge is 2.29. The van der Waals surface area contributed by atoms with Gasteiger partial charge in [-0.2, -0.15) is 0 Å². The van der Waals surface area contributed by atoms with Crippen LogP contribution in [0.25, 0.3) is 0 Å². The number of benzene rings is 1. The second-order valence-corrected chi connectivity index (χ2v) is 5.01. The van der Waals surface area contributed by atoms with E-state index >= 15 is 0 Å². The van der Waals surface area contributed by atoms with Crippen molar-refractivity contribution in [2.24, 2.45) is 0 Å². The molecular weight excluding hydrogens is 236 g/mol. The van der Waals surface area contributed by atoms with Gasteiger partial charge < -0.3 is 4.74 Å². The van der Waals surface area contributed by atoms with E-state index in [1.807, 2.05) is 18.2 Å². The van der Waals surface area contributed by atoms with Crippen LogP contribution in [-0.4, -0.2) is 5.97 Å². The first kappa shape index (κ1) is 12.0. The number of carbonyl (C=O) groups is 1. The van der Waals surface area contributed by atoms with E-state index in [2.05, 4.69) is 37.3 Å². The van der Waals surface area contributed by atoms with E-state index in [1.165, 1.54) is 11.1 Å². The molecule has 1 aromatic rings. The van der Waals surface area contributed by atoms with Crippen LogP contribution < -0.4 is 0 Å². The maximum absolute atomic E-state index is 11.8. The fourth-order valence-corrected chi connectivity index (χ4v) is 2.59. The summed E-state index contributed by atoms with van der Waals surface area (Å²) in [7, 11) is 0. The molecule has 0 radical (unpaired) electrons. The molecule has 1 atom stereocenters. The third-order valence-corrected chi connectivity index (χ3v) is 3.61. The number of allylic oxidation sites excluding steroid dienone is 5. The molecule has 1 aromatic carbocycles. The van der Waals surface area contributed by atoms with Gasteiger partial charge in [-0.05, 0) is 18.1 Å². The van der Waals surface area contributed by atoms with Crippen LogP contribution in [0.4, 0.5) is 0 Å². The largest absolute Gasteiger partial charge is 0.430 e. The molecule has 1 aliphatic carbocycles. The highest BCUT2D eigenvalue weighted by Crippen LogP contribution is 2.37. The summed E-state index contributed by atoms with van der Waals surface area (Å²) < 4.78 is 5.38. The minimum absolute atomic E-state index is 0.119. The molecule has 1 heterocycles. The number of ether oxygens (including phenoxy) is 1. The summed E-state index contributed by atoms with van der Waals surface area (Å²) in [6.07, 6.45) is 9.21. The van der Waals surface area contributed by atoms with Crippen molar-refractivity contribution in [2.45, 2.75) is 25.7 Å². The molecule has 1 unspecified atom stereocenters. The smallest absolute Gasteiger partial charge is 0.311 e. The van der Waals surface area contributed by atoms with Crippen LogP contribution in [-0.2, 0) is 9.53 Å². The summed E-state index contributed by atoms with van der Waals surface area (Å²) in [4.78, 5) is 11.8. The zero-order valence-electron chi connectivity index (χ0n) is 10.9. The lowest BCUT2D eigenvalue weighted by atomic mass is 9.85. The van der Waals surface area contributed by atoms with Gasteiger partial charge in [0.2, 0.25) is 0 Å². The van der Waals surface area contributed by atoms with Crippen molar-refractivity contribution in [3.63, 3.8) is 0 Å². The van der Waals surface area contributed by atoms with E-state index in [-0.39, 0.29) is 11.9 Å². The average molecular weight is 252 g/mol. The summed E-state index contributed by atoms with van der Waals surface area (Å²) in [6, 6.07) is 8.40. The molecule has 19 heavy (non-hydrogen) atoms. The van der Waals surface area contributed by atoms with Gasteiger partial charge in [-0.25, -0.2) is 0 Å². The second kappa shape index (κ2) is 4.88. The summed E-state index contributed by atoms with van der Waals surface area (Å²) in [5.74, 6) is 0.785. The van der Waals surface area contributed by atoms with Gasteiger partial charge >= 0.3 is 5.97 Å². The summed E-state index contributed by atoms with van der Waals surface area (Å²) in [5.41, 5.74) is 3.55. The molecule has 0 bridgehead atoms. The fraction of sp³-hybridized carbons (Fsp3) is 0.235. The van der Waals surface area contributed by atoms with E-state index in [1.54, 1.807) is 0 Å². The number of rotatable bonds is 1. The Hall–Kier alpha value is -2.09. The van der Waals surface area contributed by atoms with Crippen molar-refractivity contribution >= 4 is 5.97 Å². The lowest BCUT2D eigenvalue weighted by Crippen LogP contribution is -2.19. The Morgan fingerprint density at radius 1 is 1.16 bits per heavy atom. The van der Waals surface area contributed by atoms with Gasteiger partial charge in [0.05, 0.1) is 6.42 Å². The Kier molecular flexibility index (Phi) is 3.08. The van der Waals surface area contributed by atoms with Crippen molar-refractivity contribution < 1.29 is 9.53 Å². The van der Waals surface area contributed by atoms with E-state index in [4.69, 9.17) is 4.74 Å². The lowest BCUT2D eigenvalue weighted by Gasteiger charge is -2.25. The molecular formula is C17H16O2. The highest BCUT2D eigenvalue weighted by molar-refractivity contribution is 5.75. The van der Waals surface area contributed by atoms with Gasteiger partial charge in [0.25, 0.3) is 0 Å². The molecule has 0 saturated carbocycles. The number of esters is 1. The summed E-state index contributed by atoms with van der Waals surface area (Å²) >= 11 is 0. The first-order valence-corrected chi connectivity index (χ1v) is 6.57. The van der Waals surface area contributed by atoms with Crippen molar-refractivity contribution in [3.8, 4) is 0 Å². The number of aryl methyl sites for hydroxylation is 1. The van der Waals surface area contributed by atoms with Crippen LogP contribution >= 0.6 is 0 Å². The fourth-order valence-electron chi connectivity index (χ4n) is 2.59. The van der Waals surface area contributed by atoms with Crippen LogP contribution in [0, 0.1) is 6.92 Å². The Labute approximate surface area is 113 Å². The standard InChI is InChI=1S/C17H16O2/c1-12-7-9-13(10-8-12)15-11-17(18)19-16-6-4-2-3-5-14(15)16/h2-5,7-10,15H,6,11H2,1H3. The quantitative estimate of drug-likeness (QED) is 0.711. The molecule has 0 amide bonds. The Bertz CT molecular complexity index is 588. The van der Waals surface area contributed by atoms with Crippen molar-refractivity contribution in [1.29, 1.82) is 0 Å². The first-order valence-electron chi connectivity index (χ1n) is 6.57. The highest BCUT2D eigenvalue weighted by atomic mass is 16.5. The molecule has 1 aliphatic heterocycles. The maximum atomic E-state index is 11.8. The third-order valence-electron chi connectivity index (χ3n) is 3.61. The third kappa shape index (κ3) is 2.39. The summed E-state index contributed by atoms with van der Waals surface area (Å²) in [6.45, 7) is 2.07. The summed E-state index contributed by atoms with van der Waals surface area (Å²) in [5, 5.41) is 0. The van der Waals surface area contributed by atoms with Gasteiger partial charge in [0, 0.05) is 12.3 Å². The molecule has 2 nitrogen and oxygen atoms in total. The SMILES string of the molecule is Cc1ccc(C2CC(=O)OC3=C2C=CC=CC3)cc1. The minimum atomic E-state index is -0.131. The van der Waals surface area contributed by atoms with E-state index in [9.17, 15) is 4.79 Å². The molecule has 2 heteroatoms. The van der Waals surface area contributed by atoms with E-state index in [0.717, 1.165) is 11.3 Å². The van der Waals surface area contributed by atoms with Crippen LogP contribution in [0.3, 0.4) is 0 Å². The van der Waals surface area contributed by atoms with Crippen LogP contribution in [0.5, 0.6) is 0 Å². The van der Waals surface area contributed by atoms with Gasteiger partial charge in [-0.1, -0.05) is 54.1 Å². The molecule has 96 valence electrons. The molecule has 0 spiro atoms. The van der Waals surface area contributed by atoms with Crippen LogP contribution in [0.2, 0.25) is 0 Å². The zero-order chi connectivity index (χ0) is 13.2. The average Bonchev–Trinajstić information content (AvgIpc) is 2.64. The van der Waals surface area contributed by atoms with Gasteiger partial charge in [-0.3, -0.25) is 4.79 Å². The minimum Gasteiger partial charge on any atom is -0.430 e. The molecule has 0 fully saturated rings. The predicted molar refractivity (Wildman–Crippen MR) is 74.6 cm³/mol. The topological polar surface area (TPSA) is 26.3 Å². The Morgan fingerprint density at radius 3 is 2.74 bits per heavy atom. The van der Waals surface area contributed by atoms with Crippen molar-refractivity contribution in [1.82, 2.24) is 0 Å². The van der Waals surface area contributed by atoms with Crippen LogP contribution in [0.15, 0.2) is 59.9 Å². The first-order chi connectivity index (χ1) is 9.24. The van der Waals surface area contributed by atoms with Gasteiger partial charge in [-0.15, -0.1) is 0 Å². The molecule has 3 rings (SSSR count). The van der Waals surface area contributed by atoms with E-state index < -0.39 is 0 Å².